The van der Waals surface area contributed by atoms with E-state index in [1.165, 1.54) is 36.5 Å². The number of aliphatic carboxylic acids is 1. The normalized spacial score (nSPS) is 19.5. The van der Waals surface area contributed by atoms with E-state index in [9.17, 15) is 32.7 Å². The summed E-state index contributed by atoms with van der Waals surface area (Å²) in [6.07, 6.45) is 1.70. The number of allylic oxidation sites excluding steroid dienone is 2. The van der Waals surface area contributed by atoms with Crippen LogP contribution in [0, 0.1) is 0 Å². The van der Waals surface area contributed by atoms with Crippen LogP contribution in [0.5, 0.6) is 0 Å². The second-order valence-electron chi connectivity index (χ2n) is 8.56. The molecule has 214 valence electrons. The third kappa shape index (κ3) is 5.62. The number of carbonyl (C=O) groups excluding carboxylic acids is 2. The average Bonchev–Trinajstić information content (AvgIpc) is 3.55. The van der Waals surface area contributed by atoms with Crippen LogP contribution in [0.15, 0.2) is 51.8 Å². The van der Waals surface area contributed by atoms with Crippen LogP contribution in [0.1, 0.15) is 10.7 Å². The lowest BCUT2D eigenvalue weighted by molar-refractivity contribution is -0.685. The number of carbonyl (C=O) groups is 3. The zero-order chi connectivity index (χ0) is 29.5. The molecule has 2 amide bonds. The van der Waals surface area contributed by atoms with Crippen molar-refractivity contribution in [2.75, 3.05) is 18.6 Å². The van der Waals surface area contributed by atoms with Crippen molar-refractivity contribution in [3.8, 4) is 0 Å². The lowest BCUT2D eigenvalue weighted by Gasteiger charge is -2.49. The molecule has 2 atom stereocenters. The summed E-state index contributed by atoms with van der Waals surface area (Å²) in [5.74, 6) is -2.37. The number of pyridine rings is 1. The Balaban J connectivity index is 1.30. The summed E-state index contributed by atoms with van der Waals surface area (Å²) in [5.41, 5.74) is 5.57. The number of β-lactam (4-membered cyclic amide) rings is 1. The van der Waals surface area contributed by atoms with Crippen molar-refractivity contribution in [3.63, 3.8) is 0 Å². The van der Waals surface area contributed by atoms with Gasteiger partial charge in [-0.2, -0.15) is 17.7 Å². The highest BCUT2D eigenvalue weighted by atomic mass is 32.2. The van der Waals surface area contributed by atoms with E-state index >= 15 is 0 Å². The number of nitrogens with zero attached hydrogens (tertiary/aromatic N) is 5. The molecular formula is C23H19F3N7O5S3+. The van der Waals surface area contributed by atoms with Gasteiger partial charge in [-0.15, -0.1) is 34.4 Å². The van der Waals surface area contributed by atoms with Crippen molar-refractivity contribution in [1.29, 1.82) is 0 Å². The number of aromatic nitrogens is 3. The van der Waals surface area contributed by atoms with E-state index in [0.717, 1.165) is 16.2 Å². The van der Waals surface area contributed by atoms with E-state index in [4.69, 9.17) is 10.6 Å². The Morgan fingerprint density at radius 1 is 1.39 bits per heavy atom. The Hall–Kier alpha value is -4.03. The number of fused-ring (bicyclic) bond motifs is 2. The molecule has 0 radical (unpaired) electrons. The van der Waals surface area contributed by atoms with E-state index in [1.807, 2.05) is 0 Å². The molecule has 12 nitrogen and oxygen atoms in total. The second kappa shape index (κ2) is 11.1. The maximum Gasteiger partial charge on any atom is 0.443 e. The molecule has 3 aromatic heterocycles. The molecule has 18 heteroatoms. The number of amides is 2. The molecule has 1 saturated heterocycles. The zero-order valence-electron chi connectivity index (χ0n) is 20.8. The Morgan fingerprint density at radius 2 is 2.17 bits per heavy atom. The first-order valence-corrected chi connectivity index (χ1v) is 14.3. The molecule has 1 fully saturated rings. The molecule has 0 bridgehead atoms. The number of nitrogens with two attached hydrogens (primary N) is 1. The minimum absolute atomic E-state index is 0.166. The smallest absolute Gasteiger partial charge is 0.443 e. The summed E-state index contributed by atoms with van der Waals surface area (Å²) in [6, 6.07) is -0.0831. The summed E-state index contributed by atoms with van der Waals surface area (Å²) in [7, 11) is 1.25. The van der Waals surface area contributed by atoms with Gasteiger partial charge in [-0.1, -0.05) is 5.16 Å². The number of carboxylic acids is 1. The number of thioether (sulfide) groups is 1. The molecule has 0 spiro atoms. The number of rotatable bonds is 8. The first-order valence-electron chi connectivity index (χ1n) is 11.6. The van der Waals surface area contributed by atoms with Gasteiger partial charge in [0, 0.05) is 22.1 Å². The fourth-order valence-corrected chi connectivity index (χ4v) is 6.74. The van der Waals surface area contributed by atoms with E-state index in [1.54, 1.807) is 22.9 Å². The van der Waals surface area contributed by atoms with Crippen molar-refractivity contribution in [3.05, 3.63) is 57.3 Å². The fourth-order valence-electron chi connectivity index (χ4n) is 4.18. The average molecular weight is 627 g/mol. The second-order valence-corrected chi connectivity index (χ2v) is 11.5. The lowest BCUT2D eigenvalue weighted by atomic mass is 9.94. The van der Waals surface area contributed by atoms with Gasteiger partial charge in [0.15, 0.2) is 34.8 Å². The minimum atomic E-state index is -4.53. The van der Waals surface area contributed by atoms with Gasteiger partial charge in [-0.3, -0.25) is 14.5 Å². The Labute approximate surface area is 241 Å². The standard InChI is InChI=1S/C23H18F3N7O5S3/c1-38-31-15(11-8-40-22(27)29-11)18(34)30-16-12-9-39-14(17(20(36)37)33(12)19(16)35)3-2-5-32-6-4-13-10(7-32)28-21(41-13)23(24,25)26/h2-4,6-8,12,16H,5,9H2,1H3,(H3-,27,29,30,34,36,37)/p+1/b3-2+,31-15?. The molecule has 2 aliphatic rings. The SMILES string of the molecule is CON=C(C(=O)NC1C(=O)N2C(C(=O)O)=C(/C=C/C[n+]3ccc4sc(C(F)(F)F)nc4c3)SCC12)c1csc(N)n1. The number of thiazole rings is 2. The van der Waals surface area contributed by atoms with Crippen LogP contribution in [0.3, 0.4) is 0 Å². The van der Waals surface area contributed by atoms with Crippen LogP contribution in [-0.2, 0) is 31.9 Å². The van der Waals surface area contributed by atoms with Gasteiger partial charge in [0.1, 0.15) is 30.1 Å². The lowest BCUT2D eigenvalue weighted by Crippen LogP contribution is -2.73. The van der Waals surface area contributed by atoms with Crippen molar-refractivity contribution in [2.45, 2.75) is 24.8 Å². The molecular weight excluding hydrogens is 607 g/mol. The number of nitrogens with one attached hydrogen (secondary N) is 1. The molecule has 3 aromatic rings. The van der Waals surface area contributed by atoms with Crippen LogP contribution in [0.4, 0.5) is 18.3 Å². The highest BCUT2D eigenvalue weighted by molar-refractivity contribution is 8.03. The number of halogens is 3. The Kier molecular flexibility index (Phi) is 7.71. The number of carboxylic acid groups (broad SMARTS) is 1. The molecule has 2 unspecified atom stereocenters. The van der Waals surface area contributed by atoms with Crippen LogP contribution < -0.4 is 15.6 Å². The number of alkyl halides is 3. The summed E-state index contributed by atoms with van der Waals surface area (Å²) in [5, 5.41) is 16.9. The molecule has 0 aromatic carbocycles. The number of hydrogen-bond donors (Lipinski definition) is 3. The highest BCUT2D eigenvalue weighted by Crippen LogP contribution is 2.40. The number of anilines is 1. The molecule has 41 heavy (non-hydrogen) atoms. The molecule has 0 saturated carbocycles. The first kappa shape index (κ1) is 28.5. The van der Waals surface area contributed by atoms with Crippen molar-refractivity contribution in [1.82, 2.24) is 20.2 Å². The predicted molar refractivity (Wildman–Crippen MR) is 144 cm³/mol. The number of nitrogen functional groups attached to an aromatic ring is 1. The van der Waals surface area contributed by atoms with Gasteiger partial charge in [0.05, 0.1) is 10.7 Å². The predicted octanol–water partition coefficient (Wildman–Crippen LogP) is 1.99. The van der Waals surface area contributed by atoms with Crippen molar-refractivity contribution < 1.29 is 42.1 Å². The van der Waals surface area contributed by atoms with Crippen LogP contribution >= 0.6 is 34.4 Å². The van der Waals surface area contributed by atoms with Gasteiger partial charge in [-0.25, -0.2) is 14.8 Å². The summed E-state index contributed by atoms with van der Waals surface area (Å²) in [4.78, 5) is 51.8. The van der Waals surface area contributed by atoms with E-state index in [-0.39, 0.29) is 34.3 Å². The van der Waals surface area contributed by atoms with Crippen LogP contribution in [0.2, 0.25) is 0 Å². The van der Waals surface area contributed by atoms with Crippen LogP contribution in [-0.4, -0.2) is 68.4 Å². The van der Waals surface area contributed by atoms with E-state index in [2.05, 4.69) is 20.4 Å². The molecule has 5 rings (SSSR count). The monoisotopic (exact) mass is 626 g/mol. The van der Waals surface area contributed by atoms with Gasteiger partial charge in [0.2, 0.25) is 0 Å². The zero-order valence-corrected chi connectivity index (χ0v) is 23.2. The van der Waals surface area contributed by atoms with Crippen molar-refractivity contribution in [2.24, 2.45) is 5.16 Å². The topological polar surface area (TPSA) is 164 Å². The minimum Gasteiger partial charge on any atom is -0.477 e. The largest absolute Gasteiger partial charge is 0.477 e. The molecule has 0 aliphatic carbocycles. The third-order valence-corrected chi connectivity index (χ3v) is 8.87. The number of oxime groups is 1. The molecule has 5 heterocycles. The summed E-state index contributed by atoms with van der Waals surface area (Å²) >= 11 is 2.84. The fraction of sp³-hybridized carbons (Fsp3) is 0.261. The maximum atomic E-state index is 13.0. The quantitative estimate of drug-likeness (QED) is 0.147. The van der Waals surface area contributed by atoms with Crippen LogP contribution in [0.25, 0.3) is 10.2 Å². The van der Waals surface area contributed by atoms with Gasteiger partial charge in [0.25, 0.3) is 11.8 Å². The first-order chi connectivity index (χ1) is 19.5. The molecule has 4 N–H and O–H groups in total. The van der Waals surface area contributed by atoms with Crippen molar-refractivity contribution >= 4 is 73.3 Å². The number of hydrogen-bond acceptors (Lipinski definition) is 11. The summed E-state index contributed by atoms with van der Waals surface area (Å²) in [6.45, 7) is 0.213. The van der Waals surface area contributed by atoms with E-state index in [0.29, 0.717) is 26.7 Å². The highest BCUT2D eigenvalue weighted by Gasteiger charge is 2.54. The Morgan fingerprint density at radius 3 is 2.83 bits per heavy atom. The third-order valence-electron chi connectivity index (χ3n) is 5.97. The Bertz CT molecular complexity index is 1650. The van der Waals surface area contributed by atoms with Gasteiger partial charge in [-0.05, 0) is 12.2 Å². The maximum absolute atomic E-state index is 13.0. The van der Waals surface area contributed by atoms with E-state index < -0.39 is 41.1 Å². The summed E-state index contributed by atoms with van der Waals surface area (Å²) < 4.78 is 40.9. The molecule has 2 aliphatic heterocycles. The van der Waals surface area contributed by atoms with Gasteiger partial charge < -0.3 is 21.0 Å². The van der Waals surface area contributed by atoms with Gasteiger partial charge >= 0.3 is 12.1 Å².